The molecule has 0 radical (unpaired) electrons. The summed E-state index contributed by atoms with van der Waals surface area (Å²) in [6.45, 7) is 5.56. The lowest BCUT2D eigenvalue weighted by Gasteiger charge is -2.23. The van der Waals surface area contributed by atoms with Gasteiger partial charge in [0, 0.05) is 12.1 Å². The highest BCUT2D eigenvalue weighted by molar-refractivity contribution is 4.99. The molecule has 0 aliphatic carbocycles. The van der Waals surface area contributed by atoms with E-state index in [0.29, 0.717) is 12.1 Å². The van der Waals surface area contributed by atoms with Gasteiger partial charge >= 0.3 is 0 Å². The molecule has 3 atom stereocenters. The Hall–Kier alpha value is -0.520. The van der Waals surface area contributed by atoms with Gasteiger partial charge in [-0.2, -0.15) is 0 Å². The molecule has 1 rings (SSSR count). The third-order valence-corrected chi connectivity index (χ3v) is 3.40. The zero-order valence-corrected chi connectivity index (χ0v) is 10.8. The Morgan fingerprint density at radius 1 is 1.44 bits per heavy atom. The van der Waals surface area contributed by atoms with Crippen LogP contribution < -0.4 is 10.6 Å². The zero-order valence-electron chi connectivity index (χ0n) is 10.8. The molecule has 0 aromatic heterocycles. The van der Waals surface area contributed by atoms with Crippen molar-refractivity contribution in [1.29, 1.82) is 0 Å². The molecule has 2 heteroatoms. The van der Waals surface area contributed by atoms with E-state index in [-0.39, 0.29) is 6.04 Å². The van der Waals surface area contributed by atoms with E-state index in [9.17, 15) is 0 Å². The van der Waals surface area contributed by atoms with Crippen molar-refractivity contribution < 1.29 is 0 Å². The molecule has 0 saturated carbocycles. The van der Waals surface area contributed by atoms with Gasteiger partial charge in [0.1, 0.15) is 0 Å². The van der Waals surface area contributed by atoms with Crippen LogP contribution in [-0.4, -0.2) is 24.7 Å². The van der Waals surface area contributed by atoms with Gasteiger partial charge in [-0.3, -0.25) is 0 Å². The van der Waals surface area contributed by atoms with E-state index in [4.69, 9.17) is 6.42 Å². The molecule has 3 unspecified atom stereocenters. The minimum atomic E-state index is 0.237. The molecular formula is C14H26N2. The van der Waals surface area contributed by atoms with Gasteiger partial charge in [-0.05, 0) is 39.2 Å². The monoisotopic (exact) mass is 222 g/mol. The van der Waals surface area contributed by atoms with Gasteiger partial charge in [0.05, 0.1) is 6.04 Å². The van der Waals surface area contributed by atoms with E-state index in [2.05, 4.69) is 30.4 Å². The Morgan fingerprint density at radius 3 is 2.94 bits per heavy atom. The molecule has 1 saturated heterocycles. The van der Waals surface area contributed by atoms with Crippen LogP contribution >= 0.6 is 0 Å². The quantitative estimate of drug-likeness (QED) is 0.698. The van der Waals surface area contributed by atoms with Crippen molar-refractivity contribution in [2.45, 2.75) is 70.5 Å². The van der Waals surface area contributed by atoms with Crippen LogP contribution in [0.25, 0.3) is 0 Å². The van der Waals surface area contributed by atoms with E-state index in [1.807, 2.05) is 0 Å². The molecule has 0 aromatic rings. The number of nitrogens with one attached hydrogen (secondary N) is 2. The van der Waals surface area contributed by atoms with E-state index in [1.165, 1.54) is 38.6 Å². The van der Waals surface area contributed by atoms with Gasteiger partial charge in [0.25, 0.3) is 0 Å². The van der Waals surface area contributed by atoms with Crippen LogP contribution in [0.4, 0.5) is 0 Å². The van der Waals surface area contributed by atoms with E-state index in [1.54, 1.807) is 0 Å². The lowest BCUT2D eigenvalue weighted by Crippen LogP contribution is -2.40. The summed E-state index contributed by atoms with van der Waals surface area (Å²) in [5.74, 6) is 2.80. The van der Waals surface area contributed by atoms with Crippen molar-refractivity contribution in [3.05, 3.63) is 0 Å². The number of hydrogen-bond donors (Lipinski definition) is 2. The molecule has 0 spiro atoms. The summed E-state index contributed by atoms with van der Waals surface area (Å²) in [5.41, 5.74) is 0. The Balaban J connectivity index is 2.26. The fourth-order valence-corrected chi connectivity index (χ4v) is 2.42. The summed E-state index contributed by atoms with van der Waals surface area (Å²) in [6.07, 6.45) is 13.1. The summed E-state index contributed by atoms with van der Waals surface area (Å²) >= 11 is 0. The molecule has 2 nitrogen and oxygen atoms in total. The minimum absolute atomic E-state index is 0.237. The number of terminal acetylenes is 1. The van der Waals surface area contributed by atoms with Crippen LogP contribution in [0.1, 0.15) is 52.4 Å². The smallest absolute Gasteiger partial charge is 0.0686 e. The van der Waals surface area contributed by atoms with Crippen LogP contribution in [0.3, 0.4) is 0 Å². The highest BCUT2D eigenvalue weighted by atomic mass is 15.0. The second-order valence-electron chi connectivity index (χ2n) is 4.93. The SMILES string of the molecule is C#CC(CC)NC(C)CC1CCCCCN1. The van der Waals surface area contributed by atoms with Gasteiger partial charge < -0.3 is 10.6 Å². The Labute approximate surface area is 101 Å². The van der Waals surface area contributed by atoms with E-state index < -0.39 is 0 Å². The fourth-order valence-electron chi connectivity index (χ4n) is 2.42. The van der Waals surface area contributed by atoms with Crippen molar-refractivity contribution in [3.63, 3.8) is 0 Å². The van der Waals surface area contributed by atoms with Gasteiger partial charge in [-0.25, -0.2) is 0 Å². The van der Waals surface area contributed by atoms with Gasteiger partial charge in [-0.1, -0.05) is 25.7 Å². The molecule has 0 aromatic carbocycles. The van der Waals surface area contributed by atoms with Crippen molar-refractivity contribution >= 4 is 0 Å². The molecule has 0 amide bonds. The fraction of sp³-hybridized carbons (Fsp3) is 0.857. The van der Waals surface area contributed by atoms with Crippen molar-refractivity contribution in [2.75, 3.05) is 6.54 Å². The first-order valence-electron chi connectivity index (χ1n) is 6.71. The third-order valence-electron chi connectivity index (χ3n) is 3.40. The van der Waals surface area contributed by atoms with Crippen LogP contribution in [0, 0.1) is 12.3 Å². The van der Waals surface area contributed by atoms with Crippen LogP contribution in [0.15, 0.2) is 0 Å². The summed E-state index contributed by atoms with van der Waals surface area (Å²) < 4.78 is 0. The lowest BCUT2D eigenvalue weighted by atomic mass is 10.0. The highest BCUT2D eigenvalue weighted by Crippen LogP contribution is 2.12. The molecule has 92 valence electrons. The van der Waals surface area contributed by atoms with E-state index >= 15 is 0 Å². The topological polar surface area (TPSA) is 24.1 Å². The maximum Gasteiger partial charge on any atom is 0.0686 e. The second-order valence-corrected chi connectivity index (χ2v) is 4.93. The summed E-state index contributed by atoms with van der Waals surface area (Å²) in [7, 11) is 0. The minimum Gasteiger partial charge on any atom is -0.314 e. The van der Waals surface area contributed by atoms with Gasteiger partial charge in [0.2, 0.25) is 0 Å². The number of rotatable bonds is 5. The second kappa shape index (κ2) is 7.70. The molecule has 1 aliphatic rings. The number of hydrogen-bond acceptors (Lipinski definition) is 2. The summed E-state index contributed by atoms with van der Waals surface area (Å²) in [4.78, 5) is 0. The first-order valence-corrected chi connectivity index (χ1v) is 6.71. The molecule has 1 aliphatic heterocycles. The predicted molar refractivity (Wildman–Crippen MR) is 70.4 cm³/mol. The highest BCUT2D eigenvalue weighted by Gasteiger charge is 2.16. The molecule has 0 bridgehead atoms. The van der Waals surface area contributed by atoms with Crippen molar-refractivity contribution in [2.24, 2.45) is 0 Å². The Morgan fingerprint density at radius 2 is 2.25 bits per heavy atom. The normalized spacial score (nSPS) is 25.4. The molecule has 1 heterocycles. The van der Waals surface area contributed by atoms with Gasteiger partial charge in [-0.15, -0.1) is 6.42 Å². The average Bonchev–Trinajstić information content (AvgIpc) is 2.54. The molecule has 2 N–H and O–H groups in total. The summed E-state index contributed by atoms with van der Waals surface area (Å²) in [6, 6.07) is 1.43. The Bertz CT molecular complexity index is 211. The standard InChI is InChI=1S/C14H26N2/c1-4-13(5-2)16-12(3)11-14-9-7-6-8-10-15-14/h1,12-16H,5-11H2,2-3H3. The first kappa shape index (κ1) is 13.5. The summed E-state index contributed by atoms with van der Waals surface area (Å²) in [5, 5.41) is 7.14. The van der Waals surface area contributed by atoms with Crippen LogP contribution in [-0.2, 0) is 0 Å². The predicted octanol–water partition coefficient (Wildman–Crippen LogP) is 2.30. The average molecular weight is 222 g/mol. The van der Waals surface area contributed by atoms with Crippen LogP contribution in [0.5, 0.6) is 0 Å². The van der Waals surface area contributed by atoms with Crippen LogP contribution in [0.2, 0.25) is 0 Å². The van der Waals surface area contributed by atoms with E-state index in [0.717, 1.165) is 6.42 Å². The molecule has 16 heavy (non-hydrogen) atoms. The third kappa shape index (κ3) is 5.01. The lowest BCUT2D eigenvalue weighted by molar-refractivity contribution is 0.388. The largest absolute Gasteiger partial charge is 0.314 e. The Kier molecular flexibility index (Phi) is 6.52. The molecule has 1 fully saturated rings. The first-order chi connectivity index (χ1) is 7.76. The maximum atomic E-state index is 5.46. The van der Waals surface area contributed by atoms with Crippen molar-refractivity contribution in [3.8, 4) is 12.3 Å². The van der Waals surface area contributed by atoms with Crippen molar-refractivity contribution in [1.82, 2.24) is 10.6 Å². The maximum absolute atomic E-state index is 5.46. The zero-order chi connectivity index (χ0) is 11.8. The molecular weight excluding hydrogens is 196 g/mol. The van der Waals surface area contributed by atoms with Gasteiger partial charge in [0.15, 0.2) is 0 Å².